The van der Waals surface area contributed by atoms with Crippen LogP contribution in [0.1, 0.15) is 42.0 Å². The highest BCUT2D eigenvalue weighted by Crippen LogP contribution is 2.27. The first kappa shape index (κ1) is 20.7. The molecule has 0 saturated carbocycles. The van der Waals surface area contributed by atoms with Crippen LogP contribution in [0.2, 0.25) is 0 Å². The van der Waals surface area contributed by atoms with Crippen molar-refractivity contribution in [3.8, 4) is 5.75 Å². The molecule has 0 bridgehead atoms. The van der Waals surface area contributed by atoms with Gasteiger partial charge in [-0.1, -0.05) is 38.1 Å². The lowest BCUT2D eigenvalue weighted by atomic mass is 10.0. The van der Waals surface area contributed by atoms with Crippen molar-refractivity contribution in [3.05, 3.63) is 58.7 Å². The third kappa shape index (κ3) is 5.96. The number of carbonyl (C=O) groups is 1. The van der Waals surface area contributed by atoms with Gasteiger partial charge >= 0.3 is 0 Å². The Labute approximate surface area is 166 Å². The van der Waals surface area contributed by atoms with E-state index in [1.807, 2.05) is 57.2 Å². The fourth-order valence-electron chi connectivity index (χ4n) is 2.59. The lowest BCUT2D eigenvalue weighted by molar-refractivity contribution is -0.123. The summed E-state index contributed by atoms with van der Waals surface area (Å²) in [5, 5.41) is 3.39. The molecule has 1 amide bonds. The van der Waals surface area contributed by atoms with Crippen molar-refractivity contribution in [3.63, 3.8) is 0 Å². The van der Waals surface area contributed by atoms with Gasteiger partial charge in [0.1, 0.15) is 5.75 Å². The first-order valence-corrected chi connectivity index (χ1v) is 9.34. The van der Waals surface area contributed by atoms with Gasteiger partial charge in [-0.05, 0) is 73.3 Å². The number of thiocarbonyl (C=S) groups is 1. The average Bonchev–Trinajstić information content (AvgIpc) is 2.62. The lowest BCUT2D eigenvalue weighted by Crippen LogP contribution is -2.45. The molecule has 5 nitrogen and oxygen atoms in total. The Hall–Kier alpha value is -2.60. The molecule has 6 heteroatoms. The molecule has 0 aliphatic carbocycles. The van der Waals surface area contributed by atoms with E-state index in [0.717, 1.165) is 28.1 Å². The zero-order valence-corrected chi connectivity index (χ0v) is 17.3. The Kier molecular flexibility index (Phi) is 7.19. The molecule has 0 aliphatic rings. The number of ether oxygens (including phenoxy) is 1. The highest BCUT2D eigenvalue weighted by Gasteiger charge is 2.11. The van der Waals surface area contributed by atoms with Gasteiger partial charge in [-0.3, -0.25) is 15.6 Å². The van der Waals surface area contributed by atoms with Crippen LogP contribution in [-0.2, 0) is 4.79 Å². The zero-order valence-electron chi connectivity index (χ0n) is 16.5. The Morgan fingerprint density at radius 3 is 2.56 bits per heavy atom. The molecule has 0 aromatic heterocycles. The number of hydrazine groups is 1. The maximum Gasteiger partial charge on any atom is 0.276 e. The highest BCUT2D eigenvalue weighted by atomic mass is 32.1. The predicted molar refractivity (Wildman–Crippen MR) is 114 cm³/mol. The summed E-state index contributed by atoms with van der Waals surface area (Å²) in [5.41, 5.74) is 10.6. The second-order valence-electron chi connectivity index (χ2n) is 6.86. The predicted octanol–water partition coefficient (Wildman–Crippen LogP) is 4.13. The molecule has 0 atom stereocenters. The Balaban J connectivity index is 1.85. The number of hydrogen-bond donors (Lipinski definition) is 3. The summed E-state index contributed by atoms with van der Waals surface area (Å²) in [6.07, 6.45) is 0. The van der Waals surface area contributed by atoms with Gasteiger partial charge in [-0.25, -0.2) is 0 Å². The summed E-state index contributed by atoms with van der Waals surface area (Å²) in [4.78, 5) is 12.1. The van der Waals surface area contributed by atoms with Crippen LogP contribution in [0.25, 0.3) is 0 Å². The molecule has 0 aliphatic heterocycles. The third-order valence-corrected chi connectivity index (χ3v) is 4.52. The largest absolute Gasteiger partial charge is 0.483 e. The van der Waals surface area contributed by atoms with E-state index in [1.165, 1.54) is 5.56 Å². The van der Waals surface area contributed by atoms with Crippen LogP contribution in [0.3, 0.4) is 0 Å². The van der Waals surface area contributed by atoms with Gasteiger partial charge in [0.25, 0.3) is 5.91 Å². The van der Waals surface area contributed by atoms with Crippen LogP contribution in [-0.4, -0.2) is 17.6 Å². The molecule has 0 fully saturated rings. The van der Waals surface area contributed by atoms with Gasteiger partial charge in [0.15, 0.2) is 11.7 Å². The topological polar surface area (TPSA) is 62.4 Å². The van der Waals surface area contributed by atoms with Crippen LogP contribution >= 0.6 is 12.2 Å². The number of carbonyl (C=O) groups excluding carboxylic acids is 1. The zero-order chi connectivity index (χ0) is 20.0. The number of anilines is 1. The molecule has 2 rings (SSSR count). The van der Waals surface area contributed by atoms with E-state index in [0.29, 0.717) is 11.0 Å². The van der Waals surface area contributed by atoms with E-state index in [4.69, 9.17) is 17.0 Å². The van der Waals surface area contributed by atoms with Crippen LogP contribution in [0.4, 0.5) is 5.69 Å². The molecule has 2 aromatic carbocycles. The molecule has 27 heavy (non-hydrogen) atoms. The van der Waals surface area contributed by atoms with Crippen molar-refractivity contribution in [1.29, 1.82) is 0 Å². The molecule has 0 saturated heterocycles. The number of hydrogen-bond acceptors (Lipinski definition) is 3. The lowest BCUT2D eigenvalue weighted by Gasteiger charge is -2.16. The van der Waals surface area contributed by atoms with Gasteiger partial charge in [0, 0.05) is 5.69 Å². The minimum Gasteiger partial charge on any atom is -0.483 e. The Morgan fingerprint density at radius 2 is 1.85 bits per heavy atom. The average molecular weight is 386 g/mol. The van der Waals surface area contributed by atoms with Crippen molar-refractivity contribution in [2.24, 2.45) is 0 Å². The van der Waals surface area contributed by atoms with Gasteiger partial charge in [-0.2, -0.15) is 0 Å². The monoisotopic (exact) mass is 385 g/mol. The van der Waals surface area contributed by atoms with Gasteiger partial charge in [0.05, 0.1) is 0 Å². The van der Waals surface area contributed by atoms with Crippen molar-refractivity contribution < 1.29 is 9.53 Å². The molecule has 0 heterocycles. The normalized spacial score (nSPS) is 10.4. The number of amides is 1. The fraction of sp³-hybridized carbons (Fsp3) is 0.333. The highest BCUT2D eigenvalue weighted by molar-refractivity contribution is 7.80. The summed E-state index contributed by atoms with van der Waals surface area (Å²) in [6, 6.07) is 12.0. The van der Waals surface area contributed by atoms with Gasteiger partial charge in [-0.15, -0.1) is 0 Å². The standard InChI is InChI=1S/C21H27N3O2S/c1-13(2)17-10-9-14(3)11-19(17)26-12-20(25)23-24-21(27)22-18-8-6-7-15(4)16(18)5/h6-11,13H,12H2,1-5H3,(H,23,25)(H2,22,24,27). The second-order valence-corrected chi connectivity index (χ2v) is 7.27. The van der Waals surface area contributed by atoms with E-state index in [9.17, 15) is 4.79 Å². The van der Waals surface area contributed by atoms with Crippen LogP contribution in [0.5, 0.6) is 5.75 Å². The molecule has 0 radical (unpaired) electrons. The Morgan fingerprint density at radius 1 is 1.11 bits per heavy atom. The molecule has 3 N–H and O–H groups in total. The second kappa shape index (κ2) is 9.37. The minimum absolute atomic E-state index is 0.0950. The molecule has 0 unspecified atom stereocenters. The van der Waals surface area contributed by atoms with Crippen molar-refractivity contribution in [2.75, 3.05) is 11.9 Å². The molecular formula is C21H27N3O2S. The quantitative estimate of drug-likeness (QED) is 0.534. The number of benzene rings is 2. The number of aryl methyl sites for hydroxylation is 2. The summed E-state index contributed by atoms with van der Waals surface area (Å²) in [5.74, 6) is 0.740. The summed E-state index contributed by atoms with van der Waals surface area (Å²) < 4.78 is 5.71. The van der Waals surface area contributed by atoms with E-state index < -0.39 is 0 Å². The molecule has 2 aromatic rings. The van der Waals surface area contributed by atoms with Crippen molar-refractivity contribution in [2.45, 2.75) is 40.5 Å². The smallest absolute Gasteiger partial charge is 0.276 e. The Bertz CT molecular complexity index is 834. The molecule has 0 spiro atoms. The van der Waals surface area contributed by atoms with Gasteiger partial charge < -0.3 is 10.1 Å². The van der Waals surface area contributed by atoms with E-state index >= 15 is 0 Å². The van der Waals surface area contributed by atoms with Crippen molar-refractivity contribution in [1.82, 2.24) is 10.9 Å². The maximum absolute atomic E-state index is 12.1. The first-order chi connectivity index (χ1) is 12.8. The van der Waals surface area contributed by atoms with E-state index in [2.05, 4.69) is 30.0 Å². The maximum atomic E-state index is 12.1. The molecule has 144 valence electrons. The van der Waals surface area contributed by atoms with Crippen LogP contribution in [0, 0.1) is 20.8 Å². The summed E-state index contributed by atoms with van der Waals surface area (Å²) in [6.45, 7) is 10.1. The SMILES string of the molecule is Cc1ccc(C(C)C)c(OCC(=O)NNC(=S)Nc2cccc(C)c2C)c1. The van der Waals surface area contributed by atoms with E-state index in [-0.39, 0.29) is 12.5 Å². The van der Waals surface area contributed by atoms with Gasteiger partial charge in [0.2, 0.25) is 0 Å². The summed E-state index contributed by atoms with van der Waals surface area (Å²) in [7, 11) is 0. The van der Waals surface area contributed by atoms with Crippen molar-refractivity contribution >= 4 is 28.9 Å². The van der Waals surface area contributed by atoms with Crippen LogP contribution < -0.4 is 20.9 Å². The number of rotatable bonds is 5. The fourth-order valence-corrected chi connectivity index (χ4v) is 2.75. The first-order valence-electron chi connectivity index (χ1n) is 8.93. The number of nitrogens with one attached hydrogen (secondary N) is 3. The van der Waals surface area contributed by atoms with Crippen LogP contribution in [0.15, 0.2) is 36.4 Å². The molecular weight excluding hydrogens is 358 g/mol. The minimum atomic E-state index is -0.309. The van der Waals surface area contributed by atoms with E-state index in [1.54, 1.807) is 0 Å². The third-order valence-electron chi connectivity index (χ3n) is 4.32. The summed E-state index contributed by atoms with van der Waals surface area (Å²) >= 11 is 5.23.